The van der Waals surface area contributed by atoms with Gasteiger partial charge in [0.15, 0.2) is 0 Å². The summed E-state index contributed by atoms with van der Waals surface area (Å²) in [7, 11) is -3.88. The number of carbonyl (C=O) groups excluding carboxylic acids is 2. The molecule has 1 aliphatic rings. The maximum absolute atomic E-state index is 13.9. The maximum atomic E-state index is 13.9. The Hall–Kier alpha value is -3.73. The molecule has 2 amide bonds. The zero-order chi connectivity index (χ0) is 32.4. The lowest BCUT2D eigenvalue weighted by molar-refractivity contribution is -0.123. The van der Waals surface area contributed by atoms with Crippen molar-refractivity contribution in [3.63, 3.8) is 0 Å². The molecular weight excluding hydrogens is 588 g/mol. The van der Waals surface area contributed by atoms with Crippen LogP contribution in [0.2, 0.25) is 0 Å². The summed E-state index contributed by atoms with van der Waals surface area (Å²) in [6.45, 7) is 5.03. The van der Waals surface area contributed by atoms with Crippen LogP contribution >= 0.6 is 0 Å². The van der Waals surface area contributed by atoms with E-state index in [0.29, 0.717) is 12.1 Å². The zero-order valence-electron chi connectivity index (χ0n) is 26.4. The average Bonchev–Trinajstić information content (AvgIpc) is 3.04. The number of aliphatic hydroxyl groups is 1. The fourth-order valence-electron chi connectivity index (χ4n) is 5.54. The number of nitrogens with one attached hydrogen (secondary N) is 3. The number of carbonyl (C=O) groups is 2. The van der Waals surface area contributed by atoms with E-state index in [0.717, 1.165) is 31.2 Å². The largest absolute Gasteiger partial charge is 0.390 e. The lowest BCUT2D eigenvalue weighted by Crippen LogP contribution is -2.53. The number of benzene rings is 3. The van der Waals surface area contributed by atoms with Crippen LogP contribution in [0.3, 0.4) is 0 Å². The van der Waals surface area contributed by atoms with E-state index in [-0.39, 0.29) is 29.7 Å². The Morgan fingerprint density at radius 3 is 2.11 bits per heavy atom. The highest BCUT2D eigenvalue weighted by atomic mass is 32.2. The topological polar surface area (TPSA) is 128 Å². The summed E-state index contributed by atoms with van der Waals surface area (Å²) in [4.78, 5) is 26.8. The van der Waals surface area contributed by atoms with Gasteiger partial charge in [0.1, 0.15) is 0 Å². The van der Waals surface area contributed by atoms with Crippen molar-refractivity contribution in [1.82, 2.24) is 16.0 Å². The Balaban J connectivity index is 1.55. The van der Waals surface area contributed by atoms with Gasteiger partial charge in [0, 0.05) is 12.6 Å². The molecule has 242 valence electrons. The van der Waals surface area contributed by atoms with E-state index in [1.54, 1.807) is 75.4 Å². The molecule has 45 heavy (non-hydrogen) atoms. The minimum absolute atomic E-state index is 0.0660. The highest BCUT2D eigenvalue weighted by molar-refractivity contribution is 7.93. The Morgan fingerprint density at radius 1 is 0.867 bits per heavy atom. The first-order valence-electron chi connectivity index (χ1n) is 15.8. The fraction of sp³-hybridized carbons (Fsp3) is 0.429. The Kier molecular flexibility index (Phi) is 12.2. The van der Waals surface area contributed by atoms with Gasteiger partial charge < -0.3 is 21.1 Å². The number of hydrogen-bond acceptors (Lipinski definition) is 6. The van der Waals surface area contributed by atoms with Crippen molar-refractivity contribution < 1.29 is 23.1 Å². The predicted molar refractivity (Wildman–Crippen MR) is 179 cm³/mol. The van der Waals surface area contributed by atoms with E-state index < -0.39 is 39.4 Å². The third kappa shape index (κ3) is 9.15. The van der Waals surface area contributed by atoms with E-state index in [4.69, 9.17) is 0 Å². The Bertz CT molecular complexity index is 1490. The van der Waals surface area contributed by atoms with Crippen molar-refractivity contribution in [3.05, 3.63) is 96.1 Å². The number of amides is 2. The first-order chi connectivity index (χ1) is 21.6. The SMILES string of the molecule is CC(C)S(=O)(=O)N(c1ccccc1)c1ccccc1C(=O)N[C@@H](Cc1ccccc1)[C@H](O)CN[C@@H](C)C(=O)NC1CCCCC1. The summed E-state index contributed by atoms with van der Waals surface area (Å²) in [6.07, 6.45) is 4.66. The molecule has 9 nitrogen and oxygen atoms in total. The molecule has 3 atom stereocenters. The van der Waals surface area contributed by atoms with Gasteiger partial charge >= 0.3 is 0 Å². The molecule has 0 saturated heterocycles. The van der Waals surface area contributed by atoms with Crippen molar-refractivity contribution in [1.29, 1.82) is 0 Å². The van der Waals surface area contributed by atoms with Crippen LogP contribution < -0.4 is 20.3 Å². The minimum Gasteiger partial charge on any atom is -0.390 e. The van der Waals surface area contributed by atoms with Gasteiger partial charge in [-0.15, -0.1) is 0 Å². The number of anilines is 2. The molecule has 3 aromatic rings. The highest BCUT2D eigenvalue weighted by Crippen LogP contribution is 2.33. The summed E-state index contributed by atoms with van der Waals surface area (Å²) < 4.78 is 28.5. The summed E-state index contributed by atoms with van der Waals surface area (Å²) >= 11 is 0. The molecule has 1 saturated carbocycles. The Morgan fingerprint density at radius 2 is 1.47 bits per heavy atom. The molecule has 1 aliphatic carbocycles. The third-order valence-corrected chi connectivity index (χ3v) is 10.4. The quantitative estimate of drug-likeness (QED) is 0.204. The number of aliphatic hydroxyl groups excluding tert-OH is 1. The van der Waals surface area contributed by atoms with Gasteiger partial charge in [-0.05, 0) is 69.9 Å². The lowest BCUT2D eigenvalue weighted by Gasteiger charge is -2.30. The molecule has 0 unspecified atom stereocenters. The molecule has 0 spiro atoms. The first-order valence-corrected chi connectivity index (χ1v) is 17.3. The molecule has 1 fully saturated rings. The molecule has 4 rings (SSSR count). The average molecular weight is 635 g/mol. The van der Waals surface area contributed by atoms with Crippen LogP contribution in [0.1, 0.15) is 68.8 Å². The van der Waals surface area contributed by atoms with Crippen molar-refractivity contribution in [2.45, 2.75) is 88.8 Å². The van der Waals surface area contributed by atoms with E-state index in [1.165, 1.54) is 10.7 Å². The third-order valence-electron chi connectivity index (χ3n) is 8.27. The number of rotatable bonds is 14. The van der Waals surface area contributed by atoms with Gasteiger partial charge in [0.05, 0.1) is 40.4 Å². The zero-order valence-corrected chi connectivity index (χ0v) is 27.2. The maximum Gasteiger partial charge on any atom is 0.253 e. The van der Waals surface area contributed by atoms with Crippen molar-refractivity contribution in [2.75, 3.05) is 10.8 Å². The van der Waals surface area contributed by atoms with Gasteiger partial charge in [-0.3, -0.25) is 9.59 Å². The van der Waals surface area contributed by atoms with Crippen molar-refractivity contribution >= 4 is 33.2 Å². The normalized spacial score (nSPS) is 16.0. The van der Waals surface area contributed by atoms with Crippen molar-refractivity contribution in [2.24, 2.45) is 0 Å². The summed E-state index contributed by atoms with van der Waals surface area (Å²) in [5, 5.41) is 19.8. The molecule has 0 aliphatic heterocycles. The monoisotopic (exact) mass is 634 g/mol. The molecule has 0 bridgehead atoms. The first kappa shape index (κ1) is 34.1. The van der Waals surface area contributed by atoms with E-state index in [2.05, 4.69) is 16.0 Å². The predicted octanol–water partition coefficient (Wildman–Crippen LogP) is 4.69. The molecule has 10 heteroatoms. The molecule has 0 radical (unpaired) electrons. The second kappa shape index (κ2) is 16.0. The van der Waals surface area contributed by atoms with Crippen LogP contribution in [0.5, 0.6) is 0 Å². The number of hydrogen-bond donors (Lipinski definition) is 4. The van der Waals surface area contributed by atoms with Crippen molar-refractivity contribution in [3.8, 4) is 0 Å². The number of sulfonamides is 1. The van der Waals surface area contributed by atoms with Gasteiger partial charge in [-0.2, -0.15) is 0 Å². The lowest BCUT2D eigenvalue weighted by atomic mass is 9.95. The van der Waals surface area contributed by atoms with Crippen LogP contribution in [0, 0.1) is 0 Å². The molecule has 4 N–H and O–H groups in total. The van der Waals surface area contributed by atoms with Gasteiger partial charge in [-0.1, -0.05) is 79.9 Å². The second-order valence-corrected chi connectivity index (χ2v) is 14.4. The minimum atomic E-state index is -3.88. The second-order valence-electron chi connectivity index (χ2n) is 12.0. The smallest absolute Gasteiger partial charge is 0.253 e. The summed E-state index contributed by atoms with van der Waals surface area (Å²) in [5.41, 5.74) is 1.70. The van der Waals surface area contributed by atoms with Gasteiger partial charge in [0.25, 0.3) is 5.91 Å². The fourth-order valence-corrected chi connectivity index (χ4v) is 6.81. The van der Waals surface area contributed by atoms with Crippen LogP contribution in [0.25, 0.3) is 0 Å². The Labute approximate surface area is 267 Å². The highest BCUT2D eigenvalue weighted by Gasteiger charge is 2.32. The van der Waals surface area contributed by atoms with Gasteiger partial charge in [-0.25, -0.2) is 12.7 Å². The summed E-state index contributed by atoms with van der Waals surface area (Å²) in [6, 6.07) is 23.7. The van der Waals surface area contributed by atoms with Crippen LogP contribution in [-0.2, 0) is 21.2 Å². The van der Waals surface area contributed by atoms with Crippen LogP contribution in [0.4, 0.5) is 11.4 Å². The van der Waals surface area contributed by atoms with E-state index in [1.807, 2.05) is 30.3 Å². The van der Waals surface area contributed by atoms with Crippen LogP contribution in [0.15, 0.2) is 84.9 Å². The molecular formula is C35H46N4O5S. The van der Waals surface area contributed by atoms with E-state index in [9.17, 15) is 23.1 Å². The molecule has 0 heterocycles. The summed E-state index contributed by atoms with van der Waals surface area (Å²) in [5.74, 6) is -0.632. The van der Waals surface area contributed by atoms with Gasteiger partial charge in [0.2, 0.25) is 15.9 Å². The molecule has 0 aromatic heterocycles. The number of nitrogens with zero attached hydrogens (tertiary/aromatic N) is 1. The van der Waals surface area contributed by atoms with Crippen LogP contribution in [-0.4, -0.2) is 61.4 Å². The van der Waals surface area contributed by atoms with E-state index >= 15 is 0 Å². The molecule has 3 aromatic carbocycles. The number of para-hydroxylation sites is 2. The standard InChI is InChI=1S/C35H46N4O5S/c1-25(2)45(43,44)39(29-19-11-6-12-20-29)32-22-14-13-21-30(32)35(42)38-31(23-27-15-7-4-8-16-27)33(40)24-36-26(3)34(41)37-28-17-9-5-10-18-28/h4,6-8,11-16,19-22,25-26,28,31,33,36,40H,5,9-10,17-18,23-24H2,1-3H3,(H,37,41)(H,38,42)/t26-,31-,33+/m0/s1.